The molecule has 0 spiro atoms. The molecule has 0 bridgehead atoms. The van der Waals surface area contributed by atoms with Gasteiger partial charge in [-0.15, -0.1) is 6.58 Å². The summed E-state index contributed by atoms with van der Waals surface area (Å²) >= 11 is 0. The topological polar surface area (TPSA) is 95.5 Å². The Morgan fingerprint density at radius 1 is 1.12 bits per heavy atom. The van der Waals surface area contributed by atoms with Crippen molar-refractivity contribution in [3.8, 4) is 0 Å². The summed E-state index contributed by atoms with van der Waals surface area (Å²) in [6.45, 7) is 4.12. The summed E-state index contributed by atoms with van der Waals surface area (Å²) in [5, 5.41) is 13.8. The zero-order valence-electron chi connectivity index (χ0n) is 17.5. The third kappa shape index (κ3) is 5.35. The van der Waals surface area contributed by atoms with Gasteiger partial charge in [0.25, 0.3) is 0 Å². The smallest absolute Gasteiger partial charge is 0.407 e. The first-order valence-electron chi connectivity index (χ1n) is 10.5. The lowest BCUT2D eigenvalue weighted by molar-refractivity contribution is -0.342. The Balaban J connectivity index is 1.43. The van der Waals surface area contributed by atoms with Crippen LogP contribution in [0.5, 0.6) is 0 Å². The molecule has 32 heavy (non-hydrogen) atoms. The standard InChI is InChI=1S/C24H27NO7/c1-2-13-28-23-19(25-24(27)30-14-16-9-5-3-6-10-16)20(26)21-18(31-23)15-29-22(32-21)17-11-7-4-8-12-17/h2-12,18-23,26H,1,13-15H2,(H,25,27)/t18-,19-,20-,21-,22-,23-/m1/s1. The van der Waals surface area contributed by atoms with Crippen LogP contribution in [0.15, 0.2) is 73.3 Å². The second kappa shape index (κ2) is 10.7. The molecule has 2 fully saturated rings. The molecule has 0 unspecified atom stereocenters. The molecule has 0 aliphatic carbocycles. The van der Waals surface area contributed by atoms with E-state index in [1.165, 1.54) is 0 Å². The van der Waals surface area contributed by atoms with Crippen molar-refractivity contribution in [3.05, 3.63) is 84.4 Å². The van der Waals surface area contributed by atoms with Gasteiger partial charge >= 0.3 is 6.09 Å². The summed E-state index contributed by atoms with van der Waals surface area (Å²) in [4.78, 5) is 12.5. The minimum absolute atomic E-state index is 0.0982. The number of nitrogens with one attached hydrogen (secondary N) is 1. The summed E-state index contributed by atoms with van der Waals surface area (Å²) in [5.41, 5.74) is 1.68. The number of carbonyl (C=O) groups excluding carboxylic acids is 1. The lowest BCUT2D eigenvalue weighted by atomic mass is 9.96. The average molecular weight is 441 g/mol. The highest BCUT2D eigenvalue weighted by atomic mass is 16.7. The number of ether oxygens (including phenoxy) is 5. The summed E-state index contributed by atoms with van der Waals surface area (Å²) in [7, 11) is 0. The molecule has 8 nitrogen and oxygen atoms in total. The highest BCUT2D eigenvalue weighted by molar-refractivity contribution is 5.67. The Hall–Kier alpha value is -2.75. The van der Waals surface area contributed by atoms with Crippen LogP contribution in [0.4, 0.5) is 4.79 Å². The average Bonchev–Trinajstić information content (AvgIpc) is 2.84. The molecule has 2 N–H and O–H groups in total. The van der Waals surface area contributed by atoms with Crippen LogP contribution >= 0.6 is 0 Å². The molecule has 170 valence electrons. The van der Waals surface area contributed by atoms with Crippen molar-refractivity contribution in [1.82, 2.24) is 5.32 Å². The van der Waals surface area contributed by atoms with E-state index < -0.39 is 43.0 Å². The molecule has 2 saturated heterocycles. The van der Waals surface area contributed by atoms with E-state index in [4.69, 9.17) is 23.7 Å². The first kappa shape index (κ1) is 22.4. The molecule has 8 heteroatoms. The molecule has 0 aromatic heterocycles. The highest BCUT2D eigenvalue weighted by Crippen LogP contribution is 2.34. The molecule has 1 amide bonds. The van der Waals surface area contributed by atoms with Crippen molar-refractivity contribution in [2.75, 3.05) is 13.2 Å². The normalized spacial score (nSPS) is 29.5. The van der Waals surface area contributed by atoms with Gasteiger partial charge in [-0.1, -0.05) is 66.7 Å². The number of aliphatic hydroxyl groups excluding tert-OH is 1. The Bertz CT molecular complexity index is 878. The van der Waals surface area contributed by atoms with Crippen molar-refractivity contribution >= 4 is 6.09 Å². The fraction of sp³-hybridized carbons (Fsp3) is 0.375. The summed E-state index contributed by atoms with van der Waals surface area (Å²) < 4.78 is 28.7. The Morgan fingerprint density at radius 3 is 2.56 bits per heavy atom. The van der Waals surface area contributed by atoms with E-state index >= 15 is 0 Å². The number of hydrogen-bond acceptors (Lipinski definition) is 7. The molecule has 2 heterocycles. The minimum atomic E-state index is -1.11. The second-order valence-electron chi connectivity index (χ2n) is 7.56. The Morgan fingerprint density at radius 2 is 1.84 bits per heavy atom. The summed E-state index contributed by atoms with van der Waals surface area (Å²) in [6, 6.07) is 17.8. The Labute approximate surface area is 186 Å². The van der Waals surface area contributed by atoms with Crippen molar-refractivity contribution in [2.24, 2.45) is 0 Å². The van der Waals surface area contributed by atoms with Crippen LogP contribution in [0.2, 0.25) is 0 Å². The monoisotopic (exact) mass is 441 g/mol. The van der Waals surface area contributed by atoms with Gasteiger partial charge in [0, 0.05) is 5.56 Å². The fourth-order valence-electron chi connectivity index (χ4n) is 3.73. The van der Waals surface area contributed by atoms with Gasteiger partial charge in [-0.2, -0.15) is 0 Å². The van der Waals surface area contributed by atoms with E-state index in [1.807, 2.05) is 60.7 Å². The van der Waals surface area contributed by atoms with Crippen molar-refractivity contribution in [1.29, 1.82) is 0 Å². The maximum Gasteiger partial charge on any atom is 0.407 e. The first-order valence-corrected chi connectivity index (χ1v) is 10.5. The molecular weight excluding hydrogens is 414 g/mol. The number of rotatable bonds is 7. The number of alkyl carbamates (subject to hydrolysis) is 1. The molecule has 2 aromatic rings. The van der Waals surface area contributed by atoms with Crippen molar-refractivity contribution in [2.45, 2.75) is 43.5 Å². The van der Waals surface area contributed by atoms with Crippen molar-refractivity contribution in [3.63, 3.8) is 0 Å². The number of hydrogen-bond donors (Lipinski definition) is 2. The fourth-order valence-corrected chi connectivity index (χ4v) is 3.73. The van der Waals surface area contributed by atoms with Crippen LogP contribution in [0.1, 0.15) is 17.4 Å². The van der Waals surface area contributed by atoms with Gasteiger partial charge in [0.05, 0.1) is 13.2 Å². The first-order chi connectivity index (χ1) is 15.7. The van der Waals surface area contributed by atoms with E-state index in [2.05, 4.69) is 11.9 Å². The number of amides is 1. The zero-order valence-corrected chi connectivity index (χ0v) is 17.5. The SMILES string of the molecule is C=CCO[C@@H]1O[C@@H]2CO[C@@H](c3ccccc3)O[C@H]2[C@H](O)[C@H]1NC(=O)OCc1ccccc1. The van der Waals surface area contributed by atoms with Gasteiger partial charge < -0.3 is 34.1 Å². The van der Waals surface area contributed by atoms with E-state index in [0.29, 0.717) is 0 Å². The van der Waals surface area contributed by atoms with Crippen molar-refractivity contribution < 1.29 is 33.6 Å². The summed E-state index contributed by atoms with van der Waals surface area (Å²) in [6.07, 6.45) is -3.09. The number of benzene rings is 2. The van der Waals surface area contributed by atoms with Crippen LogP contribution in [0, 0.1) is 0 Å². The summed E-state index contributed by atoms with van der Waals surface area (Å²) in [5.74, 6) is 0. The van der Waals surface area contributed by atoms with Crippen LogP contribution in [-0.4, -0.2) is 55.1 Å². The zero-order chi connectivity index (χ0) is 22.3. The predicted molar refractivity (Wildman–Crippen MR) is 114 cm³/mol. The molecule has 2 aliphatic rings. The van der Waals surface area contributed by atoms with Crippen LogP contribution in [0.25, 0.3) is 0 Å². The lowest BCUT2D eigenvalue weighted by Gasteiger charge is -2.47. The molecule has 2 aromatic carbocycles. The maximum absolute atomic E-state index is 12.5. The second-order valence-corrected chi connectivity index (χ2v) is 7.56. The van der Waals surface area contributed by atoms with Gasteiger partial charge in [-0.25, -0.2) is 4.79 Å². The number of fused-ring (bicyclic) bond motifs is 1. The molecule has 0 radical (unpaired) electrons. The van der Waals surface area contributed by atoms with Crippen LogP contribution in [-0.2, 0) is 30.3 Å². The third-order valence-corrected chi connectivity index (χ3v) is 5.31. The van der Waals surface area contributed by atoms with Gasteiger partial charge in [0.15, 0.2) is 12.6 Å². The molecular formula is C24H27NO7. The van der Waals surface area contributed by atoms with E-state index in [9.17, 15) is 9.90 Å². The van der Waals surface area contributed by atoms with Crippen LogP contribution in [0.3, 0.4) is 0 Å². The maximum atomic E-state index is 12.5. The number of carbonyl (C=O) groups is 1. The third-order valence-electron chi connectivity index (χ3n) is 5.31. The van der Waals surface area contributed by atoms with Gasteiger partial charge in [0.2, 0.25) is 0 Å². The largest absolute Gasteiger partial charge is 0.445 e. The Kier molecular flexibility index (Phi) is 7.51. The quantitative estimate of drug-likeness (QED) is 0.638. The van der Waals surface area contributed by atoms with E-state index in [1.54, 1.807) is 6.08 Å². The molecule has 0 saturated carbocycles. The molecule has 4 rings (SSSR count). The predicted octanol–water partition coefficient (Wildman–Crippen LogP) is 2.68. The molecule has 6 atom stereocenters. The highest BCUT2D eigenvalue weighted by Gasteiger charge is 2.50. The number of aliphatic hydroxyl groups is 1. The molecule has 2 aliphatic heterocycles. The van der Waals surface area contributed by atoms with Crippen LogP contribution < -0.4 is 5.32 Å². The van der Waals surface area contributed by atoms with Gasteiger partial charge in [-0.3, -0.25) is 0 Å². The van der Waals surface area contributed by atoms with Gasteiger partial charge in [-0.05, 0) is 5.56 Å². The van der Waals surface area contributed by atoms with E-state index in [-0.39, 0.29) is 19.8 Å². The van der Waals surface area contributed by atoms with E-state index in [0.717, 1.165) is 11.1 Å². The minimum Gasteiger partial charge on any atom is -0.445 e. The van der Waals surface area contributed by atoms with Gasteiger partial charge in [0.1, 0.15) is 31.0 Å². The lowest BCUT2D eigenvalue weighted by Crippen LogP contribution is -2.66.